The van der Waals surface area contributed by atoms with E-state index in [1.54, 1.807) is 0 Å². The SMILES string of the molecule is CNC(=O)NC(=O)CN1CCN(S(=O)(=O)c2c(C)cc(C(C)(C)C)cc2C)CC1. The van der Waals surface area contributed by atoms with E-state index in [0.717, 1.165) is 16.7 Å². The Balaban J connectivity index is 2.11. The molecule has 0 saturated carbocycles. The molecule has 1 heterocycles. The van der Waals surface area contributed by atoms with Crippen molar-refractivity contribution in [1.29, 1.82) is 0 Å². The van der Waals surface area contributed by atoms with Crippen LogP contribution in [0.2, 0.25) is 0 Å². The van der Waals surface area contributed by atoms with Gasteiger partial charge in [0, 0.05) is 33.2 Å². The largest absolute Gasteiger partial charge is 0.341 e. The number of carbonyl (C=O) groups excluding carboxylic acids is 2. The molecule has 162 valence electrons. The molecule has 1 saturated heterocycles. The Morgan fingerprint density at radius 3 is 2.00 bits per heavy atom. The van der Waals surface area contributed by atoms with Gasteiger partial charge in [0.25, 0.3) is 0 Å². The van der Waals surface area contributed by atoms with Gasteiger partial charge in [-0.05, 0) is 36.0 Å². The maximum atomic E-state index is 13.3. The molecule has 0 spiro atoms. The summed E-state index contributed by atoms with van der Waals surface area (Å²) in [7, 11) is -2.18. The van der Waals surface area contributed by atoms with E-state index in [1.807, 2.05) is 30.9 Å². The average molecular weight is 425 g/mol. The summed E-state index contributed by atoms with van der Waals surface area (Å²) >= 11 is 0. The summed E-state index contributed by atoms with van der Waals surface area (Å²) in [5, 5.41) is 4.54. The number of sulfonamides is 1. The molecule has 1 aliphatic rings. The highest BCUT2D eigenvalue weighted by atomic mass is 32.2. The van der Waals surface area contributed by atoms with Crippen molar-refractivity contribution in [3.8, 4) is 0 Å². The number of piperazine rings is 1. The first kappa shape index (κ1) is 23.3. The second-order valence-electron chi connectivity index (χ2n) is 8.50. The Bertz CT molecular complexity index is 859. The van der Waals surface area contributed by atoms with Crippen molar-refractivity contribution in [2.45, 2.75) is 44.9 Å². The van der Waals surface area contributed by atoms with Crippen LogP contribution in [0.5, 0.6) is 0 Å². The van der Waals surface area contributed by atoms with Gasteiger partial charge in [-0.1, -0.05) is 32.9 Å². The van der Waals surface area contributed by atoms with E-state index in [2.05, 4.69) is 31.4 Å². The summed E-state index contributed by atoms with van der Waals surface area (Å²) in [5.41, 5.74) is 2.56. The zero-order valence-corrected chi connectivity index (χ0v) is 18.9. The first-order valence-electron chi connectivity index (χ1n) is 9.72. The van der Waals surface area contributed by atoms with Crippen LogP contribution in [-0.2, 0) is 20.2 Å². The molecule has 3 amide bonds. The molecular weight excluding hydrogens is 392 g/mol. The number of hydrogen-bond acceptors (Lipinski definition) is 5. The number of benzene rings is 1. The number of imide groups is 1. The van der Waals surface area contributed by atoms with E-state index in [-0.39, 0.29) is 12.0 Å². The molecule has 0 bridgehead atoms. The lowest BCUT2D eigenvalue weighted by Gasteiger charge is -2.34. The van der Waals surface area contributed by atoms with Crippen molar-refractivity contribution in [3.63, 3.8) is 0 Å². The third kappa shape index (κ3) is 5.55. The predicted molar refractivity (Wildman–Crippen MR) is 112 cm³/mol. The van der Waals surface area contributed by atoms with Crippen molar-refractivity contribution >= 4 is 22.0 Å². The van der Waals surface area contributed by atoms with Crippen LogP contribution in [-0.4, -0.2) is 69.3 Å². The fourth-order valence-electron chi connectivity index (χ4n) is 3.48. The summed E-state index contributed by atoms with van der Waals surface area (Å²) in [5.74, 6) is -0.412. The Kier molecular flexibility index (Phi) is 7.08. The zero-order chi connectivity index (χ0) is 22.0. The molecule has 0 atom stereocenters. The lowest BCUT2D eigenvalue weighted by molar-refractivity contribution is -0.121. The summed E-state index contributed by atoms with van der Waals surface area (Å²) in [6, 6.07) is 3.36. The minimum absolute atomic E-state index is 0.0552. The van der Waals surface area contributed by atoms with Crippen molar-refractivity contribution < 1.29 is 18.0 Å². The first-order chi connectivity index (χ1) is 13.4. The van der Waals surface area contributed by atoms with Gasteiger partial charge in [0.2, 0.25) is 15.9 Å². The molecule has 0 radical (unpaired) electrons. The Morgan fingerprint density at radius 2 is 1.55 bits per heavy atom. The van der Waals surface area contributed by atoms with E-state index >= 15 is 0 Å². The van der Waals surface area contributed by atoms with Gasteiger partial charge >= 0.3 is 6.03 Å². The Morgan fingerprint density at radius 1 is 1.03 bits per heavy atom. The van der Waals surface area contributed by atoms with Crippen LogP contribution in [0.1, 0.15) is 37.5 Å². The first-order valence-corrected chi connectivity index (χ1v) is 11.2. The predicted octanol–water partition coefficient (Wildman–Crippen LogP) is 1.36. The van der Waals surface area contributed by atoms with E-state index < -0.39 is 22.0 Å². The van der Waals surface area contributed by atoms with Gasteiger partial charge in [-0.2, -0.15) is 4.31 Å². The molecule has 1 fully saturated rings. The Hall–Kier alpha value is -1.97. The summed E-state index contributed by atoms with van der Waals surface area (Å²) in [4.78, 5) is 25.3. The molecule has 0 unspecified atom stereocenters. The van der Waals surface area contributed by atoms with E-state index in [0.29, 0.717) is 31.1 Å². The van der Waals surface area contributed by atoms with Crippen LogP contribution in [0.25, 0.3) is 0 Å². The molecule has 1 aromatic rings. The van der Waals surface area contributed by atoms with Crippen LogP contribution < -0.4 is 10.6 Å². The fourth-order valence-corrected chi connectivity index (χ4v) is 5.31. The van der Waals surface area contributed by atoms with Crippen molar-refractivity contribution in [3.05, 3.63) is 28.8 Å². The van der Waals surface area contributed by atoms with Gasteiger partial charge in [0.15, 0.2) is 0 Å². The summed E-state index contributed by atoms with van der Waals surface area (Å²) in [6.07, 6.45) is 0. The van der Waals surface area contributed by atoms with Crippen LogP contribution in [0, 0.1) is 13.8 Å². The average Bonchev–Trinajstić information content (AvgIpc) is 2.60. The molecule has 2 N–H and O–H groups in total. The monoisotopic (exact) mass is 424 g/mol. The molecule has 2 rings (SSSR count). The molecule has 9 heteroatoms. The van der Waals surface area contributed by atoms with Gasteiger partial charge in [-0.25, -0.2) is 13.2 Å². The second kappa shape index (κ2) is 8.81. The van der Waals surface area contributed by atoms with Crippen molar-refractivity contribution in [1.82, 2.24) is 19.8 Å². The Labute approximate surface area is 173 Å². The smallest absolute Gasteiger partial charge is 0.321 e. The molecule has 0 aromatic heterocycles. The molecule has 29 heavy (non-hydrogen) atoms. The van der Waals surface area contributed by atoms with Gasteiger partial charge in [-0.3, -0.25) is 15.0 Å². The normalized spacial score (nSPS) is 16.5. The van der Waals surface area contributed by atoms with E-state index in [1.165, 1.54) is 11.4 Å². The third-order valence-corrected chi connectivity index (χ3v) is 7.31. The fraction of sp³-hybridized carbons (Fsp3) is 0.600. The second-order valence-corrected chi connectivity index (χ2v) is 10.4. The number of rotatable bonds is 4. The number of carbonyl (C=O) groups is 2. The number of nitrogens with one attached hydrogen (secondary N) is 2. The van der Waals surface area contributed by atoms with Crippen molar-refractivity contribution in [2.24, 2.45) is 0 Å². The maximum absolute atomic E-state index is 13.3. The van der Waals surface area contributed by atoms with Crippen molar-refractivity contribution in [2.75, 3.05) is 39.8 Å². The third-order valence-electron chi connectivity index (χ3n) is 5.10. The van der Waals surface area contributed by atoms with Gasteiger partial charge in [0.05, 0.1) is 11.4 Å². The molecule has 1 aromatic carbocycles. The highest BCUT2D eigenvalue weighted by Crippen LogP contribution is 2.31. The van der Waals surface area contributed by atoms with Gasteiger partial charge < -0.3 is 5.32 Å². The van der Waals surface area contributed by atoms with Gasteiger partial charge in [-0.15, -0.1) is 0 Å². The van der Waals surface area contributed by atoms with Crippen LogP contribution in [0.4, 0.5) is 4.79 Å². The topological polar surface area (TPSA) is 98.8 Å². The molecular formula is C20H32N4O4S. The number of aryl methyl sites for hydroxylation is 2. The number of nitrogens with zero attached hydrogens (tertiary/aromatic N) is 2. The van der Waals surface area contributed by atoms with Crippen LogP contribution in [0.3, 0.4) is 0 Å². The quantitative estimate of drug-likeness (QED) is 0.761. The minimum atomic E-state index is -3.62. The van der Waals surface area contributed by atoms with E-state index in [4.69, 9.17) is 0 Å². The minimum Gasteiger partial charge on any atom is -0.341 e. The summed E-state index contributed by atoms with van der Waals surface area (Å²) < 4.78 is 28.0. The van der Waals surface area contributed by atoms with Crippen LogP contribution >= 0.6 is 0 Å². The highest BCUT2D eigenvalue weighted by molar-refractivity contribution is 7.89. The number of urea groups is 1. The lowest BCUT2D eigenvalue weighted by atomic mass is 9.85. The highest BCUT2D eigenvalue weighted by Gasteiger charge is 2.32. The van der Waals surface area contributed by atoms with Gasteiger partial charge in [0.1, 0.15) is 0 Å². The zero-order valence-electron chi connectivity index (χ0n) is 18.1. The maximum Gasteiger partial charge on any atom is 0.321 e. The standard InChI is InChI=1S/C20H32N4O4S/c1-14-11-16(20(3,4)5)12-15(2)18(14)29(27,28)24-9-7-23(8-10-24)13-17(25)22-19(26)21-6/h11-12H,7-10,13H2,1-6H3,(H2,21,22,25,26). The molecule has 1 aliphatic heterocycles. The lowest BCUT2D eigenvalue weighted by Crippen LogP contribution is -2.52. The van der Waals surface area contributed by atoms with E-state index in [9.17, 15) is 18.0 Å². The number of hydrogen-bond donors (Lipinski definition) is 2. The van der Waals surface area contributed by atoms with Crippen LogP contribution in [0.15, 0.2) is 17.0 Å². The summed E-state index contributed by atoms with van der Waals surface area (Å²) in [6.45, 7) is 11.5. The number of amides is 3. The molecule has 8 nitrogen and oxygen atoms in total. The molecule has 0 aliphatic carbocycles.